The van der Waals surface area contributed by atoms with E-state index < -0.39 is 18.2 Å². The highest BCUT2D eigenvalue weighted by atomic mass is 79.9. The van der Waals surface area contributed by atoms with Crippen LogP contribution < -0.4 is 0 Å². The summed E-state index contributed by atoms with van der Waals surface area (Å²) < 4.78 is 51.7. The molecule has 0 unspecified atom stereocenters. The summed E-state index contributed by atoms with van der Waals surface area (Å²) in [6, 6.07) is 3.26. The molecule has 0 atom stereocenters. The number of fused-ring (bicyclic) bond motifs is 1. The summed E-state index contributed by atoms with van der Waals surface area (Å²) in [5.74, 6) is -5.71. The van der Waals surface area contributed by atoms with E-state index in [0.717, 1.165) is 0 Å². The molecule has 8 heteroatoms. The van der Waals surface area contributed by atoms with E-state index in [9.17, 15) is 17.6 Å². The normalized spacial score (nSPS) is 12.4. The smallest absolute Gasteiger partial charge is 0.226 e. The van der Waals surface area contributed by atoms with Crippen LogP contribution in [-0.4, -0.2) is 16.4 Å². The number of hydrogen-bond donors (Lipinski definition) is 0. The van der Waals surface area contributed by atoms with Crippen LogP contribution in [0.25, 0.3) is 10.9 Å². The van der Waals surface area contributed by atoms with Gasteiger partial charge in [0.05, 0.1) is 10.9 Å². The van der Waals surface area contributed by atoms with E-state index in [4.69, 9.17) is 11.6 Å². The van der Waals surface area contributed by atoms with Crippen LogP contribution in [0, 0.1) is 6.92 Å². The lowest BCUT2D eigenvalue weighted by Crippen LogP contribution is -2.26. The summed E-state index contributed by atoms with van der Waals surface area (Å²) in [4.78, 5) is 6.82. The maximum Gasteiger partial charge on any atom is 0.365 e. The van der Waals surface area contributed by atoms with Gasteiger partial charge >= 0.3 is 12.3 Å². The molecule has 1 heterocycles. The second-order valence-corrected chi connectivity index (χ2v) is 5.06. The first-order valence-electron chi connectivity index (χ1n) is 5.04. The van der Waals surface area contributed by atoms with Crippen LogP contribution in [0.1, 0.15) is 11.4 Å². The standard InChI is InChI=1S/C11H6BrClF4N2/c1-4-2-3-5(12)6-7(4)18-10(19-8(6)13)11(16,17)9(14)15/h2-3,9H,1H3. The minimum Gasteiger partial charge on any atom is -0.226 e. The topological polar surface area (TPSA) is 25.8 Å². The van der Waals surface area contributed by atoms with Gasteiger partial charge in [0.15, 0.2) is 0 Å². The zero-order valence-corrected chi connectivity index (χ0v) is 11.7. The minimum atomic E-state index is -4.44. The molecule has 19 heavy (non-hydrogen) atoms. The Morgan fingerprint density at radius 3 is 2.47 bits per heavy atom. The summed E-state index contributed by atoms with van der Waals surface area (Å²) in [6.45, 7) is 1.61. The quantitative estimate of drug-likeness (QED) is 0.574. The molecule has 0 fully saturated rings. The van der Waals surface area contributed by atoms with Gasteiger partial charge in [0.1, 0.15) is 5.15 Å². The van der Waals surface area contributed by atoms with Crippen molar-refractivity contribution in [1.82, 2.24) is 9.97 Å². The Morgan fingerprint density at radius 1 is 1.26 bits per heavy atom. The number of alkyl halides is 4. The number of hydrogen-bond acceptors (Lipinski definition) is 2. The Morgan fingerprint density at radius 2 is 1.89 bits per heavy atom. The molecule has 0 aliphatic rings. The van der Waals surface area contributed by atoms with Gasteiger partial charge in [0, 0.05) is 4.47 Å². The lowest BCUT2D eigenvalue weighted by atomic mass is 10.1. The van der Waals surface area contributed by atoms with E-state index in [0.29, 0.717) is 15.4 Å². The Hall–Kier alpha value is -0.950. The molecule has 1 aromatic carbocycles. The van der Waals surface area contributed by atoms with Crippen molar-refractivity contribution < 1.29 is 17.6 Å². The van der Waals surface area contributed by atoms with E-state index >= 15 is 0 Å². The average Bonchev–Trinajstić information content (AvgIpc) is 2.33. The van der Waals surface area contributed by atoms with Gasteiger partial charge in [0.2, 0.25) is 5.82 Å². The minimum absolute atomic E-state index is 0.115. The van der Waals surface area contributed by atoms with Gasteiger partial charge in [0.25, 0.3) is 0 Å². The predicted octanol–water partition coefficient (Wildman–Crippen LogP) is 4.71. The molecule has 1 aromatic heterocycles. The molecule has 2 aromatic rings. The molecule has 0 bridgehead atoms. The van der Waals surface area contributed by atoms with Crippen LogP contribution in [-0.2, 0) is 5.92 Å². The van der Waals surface area contributed by atoms with E-state index in [1.807, 2.05) is 0 Å². The van der Waals surface area contributed by atoms with Gasteiger partial charge in [-0.2, -0.15) is 8.78 Å². The van der Waals surface area contributed by atoms with Crippen LogP contribution >= 0.6 is 27.5 Å². The van der Waals surface area contributed by atoms with Gasteiger partial charge in [-0.15, -0.1) is 0 Å². The van der Waals surface area contributed by atoms with Gasteiger partial charge in [-0.05, 0) is 34.5 Å². The Bertz CT molecular complexity index is 648. The predicted molar refractivity (Wildman–Crippen MR) is 66.9 cm³/mol. The van der Waals surface area contributed by atoms with Crippen LogP contribution in [0.4, 0.5) is 17.6 Å². The van der Waals surface area contributed by atoms with Gasteiger partial charge in [-0.1, -0.05) is 17.7 Å². The molecule has 2 nitrogen and oxygen atoms in total. The van der Waals surface area contributed by atoms with Crippen molar-refractivity contribution in [2.45, 2.75) is 19.3 Å². The lowest BCUT2D eigenvalue weighted by molar-refractivity contribution is -0.140. The summed E-state index contributed by atoms with van der Waals surface area (Å²) in [7, 11) is 0. The van der Waals surface area contributed by atoms with Crippen molar-refractivity contribution >= 4 is 38.4 Å². The summed E-state index contributed by atoms with van der Waals surface area (Å²) >= 11 is 8.98. The second kappa shape index (κ2) is 4.86. The highest BCUT2D eigenvalue weighted by Crippen LogP contribution is 2.36. The molecular formula is C11H6BrClF4N2. The van der Waals surface area contributed by atoms with Crippen molar-refractivity contribution in [2.75, 3.05) is 0 Å². The summed E-state index contributed by atoms with van der Waals surface area (Å²) in [5, 5.41) is 0.0198. The third kappa shape index (κ3) is 2.41. The first kappa shape index (κ1) is 14.5. The van der Waals surface area contributed by atoms with Crippen molar-refractivity contribution in [2.24, 2.45) is 0 Å². The van der Waals surface area contributed by atoms with E-state index in [-0.39, 0.29) is 10.7 Å². The first-order chi connectivity index (χ1) is 8.75. The molecule has 0 spiro atoms. The number of rotatable bonds is 2. The molecular weight excluding hydrogens is 351 g/mol. The number of nitrogens with zero attached hydrogens (tertiary/aromatic N) is 2. The SMILES string of the molecule is Cc1ccc(Br)c2c(Cl)nc(C(F)(F)C(F)F)nc12. The maximum atomic E-state index is 13.3. The van der Waals surface area contributed by atoms with E-state index in [1.54, 1.807) is 19.1 Å². The number of benzene rings is 1. The van der Waals surface area contributed by atoms with Crippen molar-refractivity contribution in [3.63, 3.8) is 0 Å². The molecule has 0 radical (unpaired) electrons. The van der Waals surface area contributed by atoms with Gasteiger partial charge in [-0.25, -0.2) is 18.7 Å². The number of aryl methyl sites for hydroxylation is 1. The Balaban J connectivity index is 2.79. The van der Waals surface area contributed by atoms with E-state index in [2.05, 4.69) is 25.9 Å². The van der Waals surface area contributed by atoms with Crippen LogP contribution in [0.3, 0.4) is 0 Å². The van der Waals surface area contributed by atoms with Crippen LogP contribution in [0.15, 0.2) is 16.6 Å². The largest absolute Gasteiger partial charge is 0.365 e. The monoisotopic (exact) mass is 356 g/mol. The fourth-order valence-electron chi connectivity index (χ4n) is 1.54. The fourth-order valence-corrected chi connectivity index (χ4v) is 2.43. The molecule has 102 valence electrons. The lowest BCUT2D eigenvalue weighted by Gasteiger charge is -2.15. The third-order valence-corrected chi connectivity index (χ3v) is 3.46. The van der Waals surface area contributed by atoms with Crippen molar-refractivity contribution in [1.29, 1.82) is 0 Å². The third-order valence-electron chi connectivity index (χ3n) is 2.53. The van der Waals surface area contributed by atoms with Gasteiger partial charge in [-0.3, -0.25) is 0 Å². The molecule has 0 amide bonds. The van der Waals surface area contributed by atoms with Crippen molar-refractivity contribution in [3.05, 3.63) is 33.1 Å². The molecule has 0 N–H and O–H groups in total. The van der Waals surface area contributed by atoms with Crippen LogP contribution in [0.2, 0.25) is 5.15 Å². The highest BCUT2D eigenvalue weighted by Gasteiger charge is 2.46. The summed E-state index contributed by atoms with van der Waals surface area (Å²) in [5.41, 5.74) is 0.651. The fraction of sp³-hybridized carbons (Fsp3) is 0.273. The summed E-state index contributed by atoms with van der Waals surface area (Å²) in [6.07, 6.45) is -3.89. The molecule has 0 saturated carbocycles. The zero-order valence-electron chi connectivity index (χ0n) is 9.39. The molecule has 0 aliphatic carbocycles. The number of halogens is 6. The average molecular weight is 358 g/mol. The maximum absolute atomic E-state index is 13.3. The van der Waals surface area contributed by atoms with Crippen LogP contribution in [0.5, 0.6) is 0 Å². The molecule has 0 aliphatic heterocycles. The Kier molecular flexibility index (Phi) is 3.70. The molecule has 2 rings (SSSR count). The highest BCUT2D eigenvalue weighted by molar-refractivity contribution is 9.10. The first-order valence-corrected chi connectivity index (χ1v) is 6.21. The second-order valence-electron chi connectivity index (χ2n) is 3.85. The number of aromatic nitrogens is 2. The Labute approximate surface area is 118 Å². The molecule has 0 saturated heterocycles. The van der Waals surface area contributed by atoms with Crippen molar-refractivity contribution in [3.8, 4) is 0 Å². The zero-order chi connectivity index (χ0) is 14.4. The van der Waals surface area contributed by atoms with Gasteiger partial charge < -0.3 is 0 Å². The van der Waals surface area contributed by atoms with E-state index in [1.165, 1.54) is 0 Å².